The van der Waals surface area contributed by atoms with Crippen molar-refractivity contribution in [3.05, 3.63) is 64.4 Å². The molecule has 4 rings (SSSR count). The van der Waals surface area contributed by atoms with Crippen molar-refractivity contribution in [1.29, 1.82) is 0 Å². The Kier molecular flexibility index (Phi) is 4.37. The number of amidine groups is 1. The number of halogens is 1. The predicted molar refractivity (Wildman–Crippen MR) is 101 cm³/mol. The highest BCUT2D eigenvalue weighted by Gasteiger charge is 2.28. The number of benzene rings is 2. The maximum atomic E-state index is 12.5. The van der Waals surface area contributed by atoms with Gasteiger partial charge in [0.2, 0.25) is 6.79 Å². The third-order valence-electron chi connectivity index (χ3n) is 4.34. The lowest BCUT2D eigenvalue weighted by atomic mass is 9.97. The number of nitrogens with one attached hydrogen (secondary N) is 1. The molecule has 1 atom stereocenters. The zero-order valence-corrected chi connectivity index (χ0v) is 14.9. The van der Waals surface area contributed by atoms with Gasteiger partial charge in [0.1, 0.15) is 17.2 Å². The Balaban J connectivity index is 1.54. The van der Waals surface area contributed by atoms with Gasteiger partial charge in [-0.1, -0.05) is 17.7 Å². The SMILES string of the molecule is NC1=NC(c2ccc3c(c2)OCO3)CC(O)=C1C(=O)Nc1ccc(Cl)cc1. The average Bonchev–Trinajstić information content (AvgIpc) is 3.10. The van der Waals surface area contributed by atoms with E-state index in [0.717, 1.165) is 5.56 Å². The van der Waals surface area contributed by atoms with Crippen LogP contribution in [0.5, 0.6) is 11.5 Å². The number of ether oxygens (including phenoxy) is 2. The van der Waals surface area contributed by atoms with Crippen molar-refractivity contribution in [2.75, 3.05) is 12.1 Å². The van der Waals surface area contributed by atoms with Gasteiger partial charge in [0.05, 0.1) is 6.04 Å². The van der Waals surface area contributed by atoms with Crippen LogP contribution in [0.3, 0.4) is 0 Å². The van der Waals surface area contributed by atoms with Gasteiger partial charge >= 0.3 is 0 Å². The molecule has 0 spiro atoms. The quantitative estimate of drug-likeness (QED) is 0.751. The molecule has 2 aliphatic rings. The summed E-state index contributed by atoms with van der Waals surface area (Å²) in [4.78, 5) is 16.9. The van der Waals surface area contributed by atoms with E-state index < -0.39 is 11.9 Å². The molecular formula is C19H16ClN3O4. The molecule has 0 saturated heterocycles. The second-order valence-electron chi connectivity index (χ2n) is 6.13. The highest BCUT2D eigenvalue weighted by Crippen LogP contribution is 2.38. The maximum absolute atomic E-state index is 12.5. The molecule has 2 aromatic rings. The fraction of sp³-hybridized carbons (Fsp3) is 0.158. The van der Waals surface area contributed by atoms with E-state index in [9.17, 15) is 9.90 Å². The minimum atomic E-state index is -0.528. The Labute approximate surface area is 160 Å². The van der Waals surface area contributed by atoms with Crippen molar-refractivity contribution in [2.24, 2.45) is 10.7 Å². The summed E-state index contributed by atoms with van der Waals surface area (Å²) >= 11 is 5.83. The van der Waals surface area contributed by atoms with Crippen molar-refractivity contribution >= 4 is 29.0 Å². The van der Waals surface area contributed by atoms with Crippen LogP contribution in [-0.2, 0) is 4.79 Å². The molecular weight excluding hydrogens is 370 g/mol. The molecule has 8 heteroatoms. The summed E-state index contributed by atoms with van der Waals surface area (Å²) in [6.45, 7) is 0.176. The number of carbonyl (C=O) groups excluding carboxylic acids is 1. The Morgan fingerprint density at radius 3 is 2.67 bits per heavy atom. The van der Waals surface area contributed by atoms with Crippen LogP contribution in [0.15, 0.2) is 58.8 Å². The Morgan fingerprint density at radius 2 is 1.93 bits per heavy atom. The first-order valence-electron chi connectivity index (χ1n) is 8.23. The number of rotatable bonds is 3. The molecule has 0 bridgehead atoms. The number of hydrogen-bond acceptors (Lipinski definition) is 6. The predicted octanol–water partition coefficient (Wildman–Crippen LogP) is 3.32. The monoisotopic (exact) mass is 385 g/mol. The standard InChI is InChI=1S/C19H16ClN3O4/c20-11-2-4-12(5-3-11)22-19(25)17-14(24)8-13(23-18(17)21)10-1-6-15-16(7-10)27-9-26-15/h1-7,13,24H,8-9H2,(H2,21,23)(H,22,25). The summed E-state index contributed by atoms with van der Waals surface area (Å²) in [7, 11) is 0. The molecule has 1 amide bonds. The average molecular weight is 386 g/mol. The number of aliphatic hydroxyl groups is 1. The minimum absolute atomic E-state index is 0.0205. The lowest BCUT2D eigenvalue weighted by Crippen LogP contribution is -2.31. The maximum Gasteiger partial charge on any atom is 0.262 e. The molecule has 2 aromatic carbocycles. The first-order valence-corrected chi connectivity index (χ1v) is 8.61. The van der Waals surface area contributed by atoms with Crippen molar-refractivity contribution in [2.45, 2.75) is 12.5 Å². The van der Waals surface area contributed by atoms with Gasteiger partial charge < -0.3 is 25.6 Å². The highest BCUT2D eigenvalue weighted by molar-refractivity contribution is 6.30. The van der Waals surface area contributed by atoms with Gasteiger partial charge in [-0.15, -0.1) is 0 Å². The van der Waals surface area contributed by atoms with Crippen LogP contribution in [0.1, 0.15) is 18.0 Å². The van der Waals surface area contributed by atoms with E-state index in [0.29, 0.717) is 22.2 Å². The first-order chi connectivity index (χ1) is 13.0. The van der Waals surface area contributed by atoms with Crippen molar-refractivity contribution in [1.82, 2.24) is 0 Å². The number of fused-ring (bicyclic) bond motifs is 1. The topological polar surface area (TPSA) is 106 Å². The van der Waals surface area contributed by atoms with E-state index in [1.54, 1.807) is 36.4 Å². The molecule has 0 aromatic heterocycles. The largest absolute Gasteiger partial charge is 0.511 e. The van der Waals surface area contributed by atoms with Crippen LogP contribution in [0.25, 0.3) is 0 Å². The summed E-state index contributed by atoms with van der Waals surface area (Å²) in [5, 5.41) is 13.7. The van der Waals surface area contributed by atoms with Crippen LogP contribution < -0.4 is 20.5 Å². The third-order valence-corrected chi connectivity index (χ3v) is 4.59. The zero-order chi connectivity index (χ0) is 19.0. The second-order valence-corrected chi connectivity index (χ2v) is 6.57. The van der Waals surface area contributed by atoms with Gasteiger partial charge in [0.25, 0.3) is 5.91 Å². The number of dihydropyridines is 1. The Hall–Kier alpha value is -3.19. The number of aliphatic imine (C=N–C) groups is 1. The highest BCUT2D eigenvalue weighted by atomic mass is 35.5. The van der Waals surface area contributed by atoms with Gasteiger partial charge in [0, 0.05) is 17.1 Å². The van der Waals surface area contributed by atoms with E-state index in [4.69, 9.17) is 26.8 Å². The summed E-state index contributed by atoms with van der Waals surface area (Å²) in [6, 6.07) is 11.6. The van der Waals surface area contributed by atoms with Crippen LogP contribution in [-0.4, -0.2) is 23.6 Å². The van der Waals surface area contributed by atoms with E-state index in [1.165, 1.54) is 0 Å². The van der Waals surface area contributed by atoms with Crippen LogP contribution >= 0.6 is 11.6 Å². The number of nitrogens with two attached hydrogens (primary N) is 1. The summed E-state index contributed by atoms with van der Waals surface area (Å²) < 4.78 is 10.7. The smallest absolute Gasteiger partial charge is 0.262 e. The van der Waals surface area contributed by atoms with Gasteiger partial charge in [-0.3, -0.25) is 9.79 Å². The number of aliphatic hydroxyl groups excluding tert-OH is 1. The molecule has 2 heterocycles. The zero-order valence-electron chi connectivity index (χ0n) is 14.1. The molecule has 27 heavy (non-hydrogen) atoms. The van der Waals surface area contributed by atoms with Crippen molar-refractivity contribution < 1.29 is 19.4 Å². The number of carbonyl (C=O) groups is 1. The number of amides is 1. The molecule has 0 saturated carbocycles. The molecule has 7 nitrogen and oxygen atoms in total. The summed E-state index contributed by atoms with van der Waals surface area (Å²) in [5.41, 5.74) is 7.31. The van der Waals surface area contributed by atoms with E-state index >= 15 is 0 Å². The van der Waals surface area contributed by atoms with E-state index in [1.807, 2.05) is 6.07 Å². The van der Waals surface area contributed by atoms with Gasteiger partial charge in [-0.25, -0.2) is 0 Å². The molecule has 0 radical (unpaired) electrons. The van der Waals surface area contributed by atoms with Crippen LogP contribution in [0.2, 0.25) is 5.02 Å². The Morgan fingerprint density at radius 1 is 1.19 bits per heavy atom. The summed E-state index contributed by atoms with van der Waals surface area (Å²) in [5.74, 6) is 0.620. The number of nitrogens with zero attached hydrogens (tertiary/aromatic N) is 1. The van der Waals surface area contributed by atoms with Gasteiger partial charge in [-0.2, -0.15) is 0 Å². The van der Waals surface area contributed by atoms with Crippen LogP contribution in [0.4, 0.5) is 5.69 Å². The molecule has 1 unspecified atom stereocenters. The van der Waals surface area contributed by atoms with E-state index in [-0.39, 0.29) is 30.4 Å². The van der Waals surface area contributed by atoms with E-state index in [2.05, 4.69) is 10.3 Å². The number of hydrogen-bond donors (Lipinski definition) is 3. The van der Waals surface area contributed by atoms with Crippen molar-refractivity contribution in [3.63, 3.8) is 0 Å². The Bertz CT molecular complexity index is 969. The molecule has 138 valence electrons. The first kappa shape index (κ1) is 17.2. The lowest BCUT2D eigenvalue weighted by molar-refractivity contribution is -0.112. The normalized spacial score (nSPS) is 18.3. The minimum Gasteiger partial charge on any atom is -0.511 e. The molecule has 2 aliphatic heterocycles. The number of anilines is 1. The van der Waals surface area contributed by atoms with Gasteiger partial charge in [0.15, 0.2) is 11.5 Å². The fourth-order valence-corrected chi connectivity index (χ4v) is 3.12. The lowest BCUT2D eigenvalue weighted by Gasteiger charge is -2.21. The molecule has 4 N–H and O–H groups in total. The molecule has 0 fully saturated rings. The fourth-order valence-electron chi connectivity index (χ4n) is 3.00. The summed E-state index contributed by atoms with van der Waals surface area (Å²) in [6.07, 6.45) is 0.156. The van der Waals surface area contributed by atoms with Gasteiger partial charge in [-0.05, 0) is 42.0 Å². The third kappa shape index (κ3) is 3.41. The van der Waals surface area contributed by atoms with Crippen molar-refractivity contribution in [3.8, 4) is 11.5 Å². The van der Waals surface area contributed by atoms with Crippen LogP contribution in [0, 0.1) is 0 Å². The molecule has 0 aliphatic carbocycles. The second kappa shape index (κ2) is 6.85.